The van der Waals surface area contributed by atoms with E-state index in [1.54, 1.807) is 51.0 Å². The third-order valence-corrected chi connectivity index (χ3v) is 7.47. The number of carbonyl (C=O) groups excluding carboxylic acids is 1. The van der Waals surface area contributed by atoms with Crippen LogP contribution in [0.5, 0.6) is 17.2 Å². The normalized spacial score (nSPS) is 14.8. The van der Waals surface area contributed by atoms with E-state index in [0.717, 1.165) is 11.1 Å². The zero-order valence-electron chi connectivity index (χ0n) is 22.5. The van der Waals surface area contributed by atoms with Gasteiger partial charge in [-0.15, -0.1) is 0 Å². The van der Waals surface area contributed by atoms with Crippen LogP contribution in [0.2, 0.25) is 0 Å². The summed E-state index contributed by atoms with van der Waals surface area (Å²) in [5, 5.41) is 0. The zero-order valence-corrected chi connectivity index (χ0v) is 23.4. The molecule has 0 saturated heterocycles. The molecule has 5 rings (SSSR count). The van der Waals surface area contributed by atoms with E-state index in [9.17, 15) is 9.59 Å². The fourth-order valence-corrected chi connectivity index (χ4v) is 5.66. The number of benzene rings is 3. The van der Waals surface area contributed by atoms with Crippen LogP contribution in [-0.2, 0) is 9.53 Å². The van der Waals surface area contributed by atoms with Crippen LogP contribution in [0.3, 0.4) is 0 Å². The van der Waals surface area contributed by atoms with Crippen molar-refractivity contribution in [2.75, 3.05) is 27.9 Å². The van der Waals surface area contributed by atoms with Gasteiger partial charge < -0.3 is 18.9 Å². The van der Waals surface area contributed by atoms with Crippen molar-refractivity contribution in [3.8, 4) is 17.2 Å². The summed E-state index contributed by atoms with van der Waals surface area (Å²) in [6, 6.07) is 21.4. The number of fused-ring (bicyclic) bond motifs is 1. The molecule has 9 heteroatoms. The van der Waals surface area contributed by atoms with Crippen LogP contribution in [0.25, 0.3) is 11.8 Å². The van der Waals surface area contributed by atoms with Gasteiger partial charge >= 0.3 is 5.97 Å². The van der Waals surface area contributed by atoms with E-state index in [1.165, 1.54) is 11.3 Å². The van der Waals surface area contributed by atoms with Gasteiger partial charge in [0.1, 0.15) is 5.75 Å². The zero-order chi connectivity index (χ0) is 28.2. The molecular formula is C31H28N2O6S. The molecule has 1 aliphatic rings. The second-order valence-electron chi connectivity index (χ2n) is 8.82. The van der Waals surface area contributed by atoms with E-state index in [-0.39, 0.29) is 17.7 Å². The number of hydrogen-bond acceptors (Lipinski definition) is 8. The lowest BCUT2D eigenvalue weighted by atomic mass is 9.93. The average Bonchev–Trinajstić information content (AvgIpc) is 3.30. The number of nitrogens with zero attached hydrogens (tertiary/aromatic N) is 2. The molecule has 0 aliphatic carbocycles. The Morgan fingerprint density at radius 2 is 1.73 bits per heavy atom. The molecule has 0 spiro atoms. The van der Waals surface area contributed by atoms with Gasteiger partial charge in [0.15, 0.2) is 16.3 Å². The highest BCUT2D eigenvalue weighted by molar-refractivity contribution is 7.07. The van der Waals surface area contributed by atoms with Crippen molar-refractivity contribution >= 4 is 29.1 Å². The predicted octanol–water partition coefficient (Wildman–Crippen LogP) is 3.96. The molecule has 3 aromatic carbocycles. The lowest BCUT2D eigenvalue weighted by molar-refractivity contribution is -0.138. The molecule has 0 amide bonds. The summed E-state index contributed by atoms with van der Waals surface area (Å²) in [7, 11) is 4.70. The summed E-state index contributed by atoms with van der Waals surface area (Å²) in [5.41, 5.74) is 2.67. The Kier molecular flexibility index (Phi) is 7.84. The van der Waals surface area contributed by atoms with Crippen LogP contribution in [0.1, 0.15) is 29.7 Å². The Hall–Kier alpha value is -4.63. The third kappa shape index (κ3) is 5.03. The lowest BCUT2D eigenvalue weighted by Gasteiger charge is -2.26. The van der Waals surface area contributed by atoms with Crippen molar-refractivity contribution < 1.29 is 23.7 Å². The minimum Gasteiger partial charge on any atom is -0.497 e. The summed E-state index contributed by atoms with van der Waals surface area (Å²) in [5.74, 6) is 1.21. The lowest BCUT2D eigenvalue weighted by Crippen LogP contribution is -2.40. The van der Waals surface area contributed by atoms with Gasteiger partial charge in [-0.1, -0.05) is 59.9 Å². The minimum absolute atomic E-state index is 0.180. The topological polar surface area (TPSA) is 88.4 Å². The molecule has 0 bridgehead atoms. The van der Waals surface area contributed by atoms with E-state index in [1.807, 2.05) is 60.7 Å². The highest BCUT2D eigenvalue weighted by Gasteiger charge is 2.35. The second-order valence-corrected chi connectivity index (χ2v) is 9.83. The van der Waals surface area contributed by atoms with Crippen molar-refractivity contribution in [3.63, 3.8) is 0 Å². The molecule has 2 heterocycles. The van der Waals surface area contributed by atoms with Gasteiger partial charge in [-0.3, -0.25) is 9.36 Å². The van der Waals surface area contributed by atoms with Gasteiger partial charge in [-0.05, 0) is 48.4 Å². The number of ether oxygens (including phenoxy) is 4. The molecule has 204 valence electrons. The van der Waals surface area contributed by atoms with Gasteiger partial charge in [0.25, 0.3) is 5.56 Å². The largest absolute Gasteiger partial charge is 0.497 e. The van der Waals surface area contributed by atoms with Gasteiger partial charge in [-0.2, -0.15) is 0 Å². The summed E-state index contributed by atoms with van der Waals surface area (Å²) < 4.78 is 23.8. The summed E-state index contributed by atoms with van der Waals surface area (Å²) in [6.07, 6.45) is 1.78. The Morgan fingerprint density at radius 3 is 2.42 bits per heavy atom. The molecule has 0 radical (unpaired) electrons. The van der Waals surface area contributed by atoms with E-state index in [0.29, 0.717) is 37.8 Å². The standard InChI is InChI=1S/C31H28N2O6S/c1-5-39-30(35)26-27(20-10-7-6-8-11-20)32-31-33(28(26)21-12-9-13-22(18-21)36-2)29(34)25(40-31)17-19-14-15-23(37-3)24(16-19)38-4/h6-18,28H,5H2,1-4H3/b25-17-/t28-/m0/s1. The monoisotopic (exact) mass is 556 g/mol. The third-order valence-electron chi connectivity index (χ3n) is 6.49. The molecule has 1 aliphatic heterocycles. The molecule has 0 fully saturated rings. The molecule has 0 saturated carbocycles. The molecule has 40 heavy (non-hydrogen) atoms. The quantitative estimate of drug-likeness (QED) is 0.306. The molecule has 0 N–H and O–H groups in total. The average molecular weight is 557 g/mol. The fourth-order valence-electron chi connectivity index (χ4n) is 4.66. The van der Waals surface area contributed by atoms with Gasteiger partial charge in [0.05, 0.1) is 49.8 Å². The van der Waals surface area contributed by atoms with E-state index in [4.69, 9.17) is 23.9 Å². The van der Waals surface area contributed by atoms with Crippen molar-refractivity contribution in [3.05, 3.63) is 115 Å². The second kappa shape index (κ2) is 11.6. The van der Waals surface area contributed by atoms with Crippen LogP contribution in [0.15, 0.2) is 88.2 Å². The van der Waals surface area contributed by atoms with Crippen molar-refractivity contribution in [1.29, 1.82) is 0 Å². The fraction of sp³-hybridized carbons (Fsp3) is 0.194. The molecular weight excluding hydrogens is 528 g/mol. The maximum absolute atomic E-state index is 14.0. The predicted molar refractivity (Wildman–Crippen MR) is 154 cm³/mol. The van der Waals surface area contributed by atoms with E-state index >= 15 is 0 Å². The van der Waals surface area contributed by atoms with Crippen LogP contribution in [-0.4, -0.2) is 38.5 Å². The minimum atomic E-state index is -0.784. The number of thiazole rings is 1. The van der Waals surface area contributed by atoms with Gasteiger partial charge in [0, 0.05) is 5.56 Å². The number of aromatic nitrogens is 1. The first kappa shape index (κ1) is 27.0. The van der Waals surface area contributed by atoms with Gasteiger partial charge in [-0.25, -0.2) is 9.79 Å². The first-order chi connectivity index (χ1) is 19.5. The Bertz CT molecular complexity index is 1770. The number of rotatable bonds is 8. The maximum Gasteiger partial charge on any atom is 0.338 e. The summed E-state index contributed by atoms with van der Waals surface area (Å²) in [6.45, 7) is 1.93. The Labute approximate surface area is 235 Å². The summed E-state index contributed by atoms with van der Waals surface area (Å²) in [4.78, 5) is 32.9. The maximum atomic E-state index is 14.0. The highest BCUT2D eigenvalue weighted by atomic mass is 32.1. The summed E-state index contributed by atoms with van der Waals surface area (Å²) >= 11 is 1.25. The van der Waals surface area contributed by atoms with Crippen LogP contribution in [0, 0.1) is 0 Å². The number of hydrogen-bond donors (Lipinski definition) is 0. The van der Waals surface area contributed by atoms with Crippen LogP contribution in [0.4, 0.5) is 0 Å². The highest BCUT2D eigenvalue weighted by Crippen LogP contribution is 2.36. The molecule has 1 atom stereocenters. The molecule has 1 aromatic heterocycles. The Morgan fingerprint density at radius 1 is 0.950 bits per heavy atom. The number of carbonyl (C=O) groups is 1. The van der Waals surface area contributed by atoms with E-state index in [2.05, 4.69) is 0 Å². The van der Waals surface area contributed by atoms with E-state index < -0.39 is 12.0 Å². The molecule has 4 aromatic rings. The van der Waals surface area contributed by atoms with Gasteiger partial charge in [0.2, 0.25) is 0 Å². The van der Waals surface area contributed by atoms with Crippen molar-refractivity contribution in [2.24, 2.45) is 4.99 Å². The number of esters is 1. The number of methoxy groups -OCH3 is 3. The van der Waals surface area contributed by atoms with Crippen molar-refractivity contribution in [1.82, 2.24) is 4.57 Å². The molecule has 8 nitrogen and oxygen atoms in total. The molecule has 0 unspecified atom stereocenters. The first-order valence-corrected chi connectivity index (χ1v) is 13.4. The Balaban J connectivity index is 1.81. The van der Waals surface area contributed by atoms with Crippen molar-refractivity contribution in [2.45, 2.75) is 13.0 Å². The van der Waals surface area contributed by atoms with Crippen LogP contribution >= 0.6 is 11.3 Å². The SMILES string of the molecule is CCOC(=O)C1=C(c2ccccc2)N=c2s/c(=C\c3ccc(OC)c(OC)c3)c(=O)n2[C@H]1c1cccc(OC)c1. The first-order valence-electron chi connectivity index (χ1n) is 12.6. The smallest absolute Gasteiger partial charge is 0.338 e. The van der Waals surface area contributed by atoms with Crippen LogP contribution < -0.4 is 29.1 Å².